The van der Waals surface area contributed by atoms with Crippen molar-refractivity contribution >= 4 is 20.3 Å². The molecule has 1 saturated heterocycles. The Morgan fingerprint density at radius 2 is 1.97 bits per heavy atom. The quantitative estimate of drug-likeness (QED) is 0.274. The summed E-state index contributed by atoms with van der Waals surface area (Å²) in [4.78, 5) is 33.3. The first-order valence-electron chi connectivity index (χ1n) is 13.1. The van der Waals surface area contributed by atoms with Gasteiger partial charge in [0.05, 0.1) is 12.3 Å². The zero-order chi connectivity index (χ0) is 27.9. The molecule has 38 heavy (non-hydrogen) atoms. The maximum absolute atomic E-state index is 12.6. The Kier molecular flexibility index (Phi) is 9.89. The van der Waals surface area contributed by atoms with E-state index >= 15 is 0 Å². The van der Waals surface area contributed by atoms with Crippen LogP contribution in [0.4, 0.5) is 0 Å². The second kappa shape index (κ2) is 12.7. The summed E-state index contributed by atoms with van der Waals surface area (Å²) in [5.41, 5.74) is 1.37. The third kappa shape index (κ3) is 8.01. The van der Waals surface area contributed by atoms with Crippen LogP contribution in [0, 0.1) is 0 Å². The standard InChI is InChI=1S/C28H40N2O7Si/c1-8-33-27(32)25(36-19(2)31)17-20-16-22(37-38(6,7)28(3,4)5)11-12-23(20)35-18-21-13-14-29-26(30-21)24-10-9-15-34-24/h11-14,16,24-25H,8-10,15,17-18H2,1-7H3. The Bertz CT molecular complexity index is 1110. The van der Waals surface area contributed by atoms with Crippen molar-refractivity contribution in [1.82, 2.24) is 9.97 Å². The first-order valence-corrected chi connectivity index (χ1v) is 16.0. The summed E-state index contributed by atoms with van der Waals surface area (Å²) in [6, 6.07) is 7.33. The summed E-state index contributed by atoms with van der Waals surface area (Å²) < 4.78 is 28.8. The van der Waals surface area contributed by atoms with Crippen LogP contribution in [0.1, 0.15) is 70.6 Å². The molecule has 1 aromatic carbocycles. The van der Waals surface area contributed by atoms with Gasteiger partial charge in [-0.1, -0.05) is 20.8 Å². The fourth-order valence-electron chi connectivity index (χ4n) is 3.76. The number of hydrogen-bond acceptors (Lipinski definition) is 9. The molecule has 2 aromatic rings. The Hall–Kier alpha value is -2.98. The van der Waals surface area contributed by atoms with E-state index in [2.05, 4.69) is 43.8 Å². The first-order chi connectivity index (χ1) is 17.9. The van der Waals surface area contributed by atoms with Crippen LogP contribution in [-0.2, 0) is 36.8 Å². The van der Waals surface area contributed by atoms with Crippen LogP contribution in [0.15, 0.2) is 30.5 Å². The number of nitrogens with zero attached hydrogens (tertiary/aromatic N) is 2. The third-order valence-electron chi connectivity index (χ3n) is 6.80. The van der Waals surface area contributed by atoms with Gasteiger partial charge in [-0.3, -0.25) is 4.79 Å². The summed E-state index contributed by atoms with van der Waals surface area (Å²) in [6.45, 7) is 14.9. The molecule has 2 heterocycles. The van der Waals surface area contributed by atoms with Crippen molar-refractivity contribution in [3.63, 3.8) is 0 Å². The van der Waals surface area contributed by atoms with Crippen LogP contribution in [0.25, 0.3) is 0 Å². The lowest BCUT2D eigenvalue weighted by molar-refractivity contribution is -0.166. The molecule has 208 valence electrons. The monoisotopic (exact) mass is 544 g/mol. The zero-order valence-corrected chi connectivity index (χ0v) is 24.5. The average Bonchev–Trinajstić information content (AvgIpc) is 3.37. The summed E-state index contributed by atoms with van der Waals surface area (Å²) >= 11 is 0. The van der Waals surface area contributed by atoms with Gasteiger partial charge in [0.15, 0.2) is 5.82 Å². The van der Waals surface area contributed by atoms with Crippen molar-refractivity contribution in [3.05, 3.63) is 47.5 Å². The highest BCUT2D eigenvalue weighted by atomic mass is 28.4. The van der Waals surface area contributed by atoms with E-state index in [9.17, 15) is 9.59 Å². The van der Waals surface area contributed by atoms with Gasteiger partial charge in [0.25, 0.3) is 0 Å². The third-order valence-corrected chi connectivity index (χ3v) is 11.2. The zero-order valence-electron chi connectivity index (χ0n) is 23.5. The molecule has 1 aromatic heterocycles. The van der Waals surface area contributed by atoms with Crippen molar-refractivity contribution < 1.29 is 33.0 Å². The number of carbonyl (C=O) groups excluding carboxylic acids is 2. The SMILES string of the molecule is CCOC(=O)C(Cc1cc(O[Si](C)(C)C(C)(C)C)ccc1OCc1ccnc(C2CCCO2)n1)OC(C)=O. The number of hydrogen-bond donors (Lipinski definition) is 0. The van der Waals surface area contributed by atoms with Gasteiger partial charge < -0.3 is 23.4 Å². The predicted molar refractivity (Wildman–Crippen MR) is 144 cm³/mol. The molecule has 0 aliphatic carbocycles. The van der Waals surface area contributed by atoms with Crippen molar-refractivity contribution in [2.45, 2.75) is 90.8 Å². The van der Waals surface area contributed by atoms with Gasteiger partial charge in [-0.2, -0.15) is 0 Å². The van der Waals surface area contributed by atoms with E-state index in [-0.39, 0.29) is 30.8 Å². The molecule has 1 fully saturated rings. The first kappa shape index (κ1) is 29.6. The van der Waals surface area contributed by atoms with Gasteiger partial charge in [0.1, 0.15) is 24.2 Å². The van der Waals surface area contributed by atoms with E-state index in [1.807, 2.05) is 18.2 Å². The molecule has 3 rings (SSSR count). The largest absolute Gasteiger partial charge is 0.543 e. The van der Waals surface area contributed by atoms with Crippen LogP contribution in [0.3, 0.4) is 0 Å². The summed E-state index contributed by atoms with van der Waals surface area (Å²) in [5, 5.41) is 0.00129. The topological polar surface area (TPSA) is 106 Å². The van der Waals surface area contributed by atoms with E-state index in [1.165, 1.54) is 6.92 Å². The predicted octanol–water partition coefficient (Wildman–Crippen LogP) is 5.33. The molecule has 0 N–H and O–H groups in total. The molecule has 2 atom stereocenters. The van der Waals surface area contributed by atoms with E-state index in [0.717, 1.165) is 12.8 Å². The van der Waals surface area contributed by atoms with Gasteiger partial charge >= 0.3 is 11.9 Å². The number of aromatic nitrogens is 2. The summed E-state index contributed by atoms with van der Waals surface area (Å²) in [5.74, 6) is 0.681. The van der Waals surface area contributed by atoms with Crippen LogP contribution in [0.5, 0.6) is 11.5 Å². The lowest BCUT2D eigenvalue weighted by atomic mass is 10.1. The fraction of sp³-hybridized carbons (Fsp3) is 0.571. The molecular formula is C28H40N2O7Si. The van der Waals surface area contributed by atoms with Crippen LogP contribution in [0.2, 0.25) is 18.1 Å². The molecule has 0 bridgehead atoms. The lowest BCUT2D eigenvalue weighted by Gasteiger charge is -2.36. The molecule has 10 heteroatoms. The van der Waals surface area contributed by atoms with Crippen molar-refractivity contribution in [3.8, 4) is 11.5 Å². The van der Waals surface area contributed by atoms with Gasteiger partial charge in [0, 0.05) is 31.7 Å². The Labute approximate surface area is 226 Å². The van der Waals surface area contributed by atoms with E-state index < -0.39 is 26.4 Å². The van der Waals surface area contributed by atoms with Gasteiger partial charge in [-0.25, -0.2) is 14.8 Å². The van der Waals surface area contributed by atoms with E-state index in [0.29, 0.717) is 35.2 Å². The Balaban J connectivity index is 1.88. The normalized spacial score (nSPS) is 16.6. The maximum Gasteiger partial charge on any atom is 0.347 e. The molecule has 9 nitrogen and oxygen atoms in total. The van der Waals surface area contributed by atoms with Crippen LogP contribution >= 0.6 is 0 Å². The van der Waals surface area contributed by atoms with Crippen LogP contribution < -0.4 is 9.16 Å². The molecule has 1 aliphatic heterocycles. The average molecular weight is 545 g/mol. The molecule has 0 radical (unpaired) electrons. The van der Waals surface area contributed by atoms with Crippen molar-refractivity contribution in [2.75, 3.05) is 13.2 Å². The van der Waals surface area contributed by atoms with Crippen LogP contribution in [-0.4, -0.2) is 49.5 Å². The number of carbonyl (C=O) groups is 2. The van der Waals surface area contributed by atoms with E-state index in [1.54, 1.807) is 19.2 Å². The summed E-state index contributed by atoms with van der Waals surface area (Å²) in [7, 11) is -2.12. The van der Waals surface area contributed by atoms with E-state index in [4.69, 9.17) is 23.4 Å². The maximum atomic E-state index is 12.6. The van der Waals surface area contributed by atoms with Gasteiger partial charge in [-0.15, -0.1) is 0 Å². The Morgan fingerprint density at radius 1 is 1.21 bits per heavy atom. The molecule has 0 spiro atoms. The molecule has 1 aliphatic rings. The fourth-order valence-corrected chi connectivity index (χ4v) is 4.78. The minimum Gasteiger partial charge on any atom is -0.543 e. The summed E-state index contributed by atoms with van der Waals surface area (Å²) in [6.07, 6.45) is 2.47. The van der Waals surface area contributed by atoms with Gasteiger partial charge in [-0.05, 0) is 62.2 Å². The minimum atomic E-state index is -2.12. The molecule has 2 unspecified atom stereocenters. The second-order valence-electron chi connectivity index (χ2n) is 10.9. The minimum absolute atomic E-state index is 0.00129. The van der Waals surface area contributed by atoms with Gasteiger partial charge in [0.2, 0.25) is 14.4 Å². The highest BCUT2D eigenvalue weighted by Crippen LogP contribution is 2.38. The number of ether oxygens (including phenoxy) is 4. The number of esters is 2. The number of rotatable bonds is 11. The van der Waals surface area contributed by atoms with Crippen molar-refractivity contribution in [1.29, 1.82) is 0 Å². The molecular weight excluding hydrogens is 504 g/mol. The number of benzene rings is 1. The molecule has 0 saturated carbocycles. The highest BCUT2D eigenvalue weighted by Gasteiger charge is 2.39. The lowest BCUT2D eigenvalue weighted by Crippen LogP contribution is -2.43. The Morgan fingerprint density at radius 3 is 2.61 bits per heavy atom. The molecule has 0 amide bonds. The van der Waals surface area contributed by atoms with Crippen molar-refractivity contribution in [2.24, 2.45) is 0 Å². The smallest absolute Gasteiger partial charge is 0.347 e. The second-order valence-corrected chi connectivity index (χ2v) is 15.6. The highest BCUT2D eigenvalue weighted by molar-refractivity contribution is 6.74.